The Hall–Kier alpha value is -2.80. The van der Waals surface area contributed by atoms with Crippen LogP contribution < -0.4 is 14.8 Å². The Morgan fingerprint density at radius 2 is 1.72 bits per heavy atom. The summed E-state index contributed by atoms with van der Waals surface area (Å²) in [5.74, 6) is 1.45. The van der Waals surface area contributed by atoms with E-state index in [0.717, 1.165) is 0 Å². The largest absolute Gasteiger partial charge is 0.497 e. The van der Waals surface area contributed by atoms with E-state index in [1.165, 1.54) is 7.11 Å². The molecule has 0 unspecified atom stereocenters. The number of anilines is 1. The van der Waals surface area contributed by atoms with E-state index in [1.807, 2.05) is 6.07 Å². The number of hydrogen-bond acceptors (Lipinski definition) is 5. The topological polar surface area (TPSA) is 77.0 Å². The van der Waals surface area contributed by atoms with Crippen LogP contribution in [-0.2, 0) is 10.0 Å². The van der Waals surface area contributed by atoms with E-state index in [1.54, 1.807) is 56.5 Å². The lowest BCUT2D eigenvalue weighted by Gasteiger charge is -2.12. The van der Waals surface area contributed by atoms with Crippen molar-refractivity contribution >= 4 is 26.5 Å². The first kappa shape index (κ1) is 17.0. The summed E-state index contributed by atoms with van der Waals surface area (Å²) in [6, 6.07) is 14.1. The zero-order valence-corrected chi connectivity index (χ0v) is 14.9. The minimum absolute atomic E-state index is 0.206. The number of amidine groups is 1. The Labute approximate surface area is 146 Å². The third kappa shape index (κ3) is 3.23. The van der Waals surface area contributed by atoms with Crippen LogP contribution in [0.2, 0.25) is 0 Å². The minimum atomic E-state index is -3.76. The van der Waals surface area contributed by atoms with Gasteiger partial charge in [0, 0.05) is 11.6 Å². The Kier molecular flexibility index (Phi) is 4.50. The van der Waals surface area contributed by atoms with Crippen LogP contribution in [-0.4, -0.2) is 28.5 Å². The molecule has 0 radical (unpaired) electrons. The van der Waals surface area contributed by atoms with Gasteiger partial charge in [-0.1, -0.05) is 30.3 Å². The summed E-state index contributed by atoms with van der Waals surface area (Å²) in [5, 5.41) is 3.05. The van der Waals surface area contributed by atoms with Gasteiger partial charge in [-0.25, -0.2) is 0 Å². The molecule has 2 aromatic rings. The molecule has 2 aromatic carbocycles. The summed E-state index contributed by atoms with van der Waals surface area (Å²) in [6.45, 7) is 1.73. The predicted octanol–water partition coefficient (Wildman–Crippen LogP) is 3.29. The molecule has 3 rings (SSSR count). The Morgan fingerprint density at radius 3 is 2.36 bits per heavy atom. The van der Waals surface area contributed by atoms with Crippen molar-refractivity contribution < 1.29 is 17.9 Å². The summed E-state index contributed by atoms with van der Waals surface area (Å²) in [5.41, 5.74) is 1.73. The molecule has 130 valence electrons. The van der Waals surface area contributed by atoms with Crippen LogP contribution in [0.4, 0.5) is 5.69 Å². The molecule has 0 atom stereocenters. The van der Waals surface area contributed by atoms with E-state index in [9.17, 15) is 8.42 Å². The van der Waals surface area contributed by atoms with Crippen LogP contribution >= 0.6 is 0 Å². The van der Waals surface area contributed by atoms with E-state index in [2.05, 4.69) is 9.71 Å². The maximum absolute atomic E-state index is 12.5. The van der Waals surface area contributed by atoms with E-state index in [-0.39, 0.29) is 10.7 Å². The summed E-state index contributed by atoms with van der Waals surface area (Å²) >= 11 is 0. The lowest BCUT2D eigenvalue weighted by atomic mass is 10.1. The van der Waals surface area contributed by atoms with E-state index < -0.39 is 10.0 Å². The molecule has 1 aliphatic heterocycles. The molecule has 0 aliphatic carbocycles. The van der Waals surface area contributed by atoms with Gasteiger partial charge >= 0.3 is 0 Å². The SMILES string of the molecule is COc1ccc(OC)c(NC2=NS(=O)(=O)C(c3ccccc3)=C2C)c1. The molecular weight excluding hydrogens is 340 g/mol. The van der Waals surface area contributed by atoms with Crippen molar-refractivity contribution in [1.82, 2.24) is 0 Å². The highest BCUT2D eigenvalue weighted by molar-refractivity contribution is 8.00. The molecule has 1 aliphatic rings. The molecule has 0 saturated carbocycles. The molecule has 6 nitrogen and oxygen atoms in total. The fraction of sp³-hybridized carbons (Fsp3) is 0.167. The van der Waals surface area contributed by atoms with Crippen molar-refractivity contribution in [3.05, 3.63) is 59.7 Å². The second kappa shape index (κ2) is 6.60. The molecule has 0 amide bonds. The first-order valence-corrected chi connectivity index (χ1v) is 9.01. The van der Waals surface area contributed by atoms with Crippen LogP contribution in [0.15, 0.2) is 58.5 Å². The van der Waals surface area contributed by atoms with Crippen molar-refractivity contribution in [2.75, 3.05) is 19.5 Å². The Bertz CT molecular complexity index is 964. The highest BCUT2D eigenvalue weighted by atomic mass is 32.2. The van der Waals surface area contributed by atoms with Crippen molar-refractivity contribution in [3.8, 4) is 11.5 Å². The highest BCUT2D eigenvalue weighted by Gasteiger charge is 2.31. The number of nitrogens with zero attached hydrogens (tertiary/aromatic N) is 1. The molecule has 25 heavy (non-hydrogen) atoms. The zero-order valence-electron chi connectivity index (χ0n) is 14.1. The van der Waals surface area contributed by atoms with Gasteiger partial charge < -0.3 is 14.8 Å². The van der Waals surface area contributed by atoms with Gasteiger partial charge in [0.05, 0.1) is 19.9 Å². The molecular formula is C18H18N2O4S. The Balaban J connectivity index is 2.04. The quantitative estimate of drug-likeness (QED) is 0.907. The number of sulfonamides is 1. The van der Waals surface area contributed by atoms with Crippen LogP contribution in [0.1, 0.15) is 12.5 Å². The fourth-order valence-electron chi connectivity index (χ4n) is 2.65. The first-order chi connectivity index (χ1) is 12.0. The molecule has 0 fully saturated rings. The average Bonchev–Trinajstić information content (AvgIpc) is 2.84. The van der Waals surface area contributed by atoms with Crippen molar-refractivity contribution in [2.45, 2.75) is 6.92 Å². The lowest BCUT2D eigenvalue weighted by molar-refractivity contribution is 0.405. The van der Waals surface area contributed by atoms with E-state index in [0.29, 0.717) is 28.3 Å². The highest BCUT2D eigenvalue weighted by Crippen LogP contribution is 2.35. The van der Waals surface area contributed by atoms with E-state index >= 15 is 0 Å². The number of rotatable bonds is 4. The van der Waals surface area contributed by atoms with Gasteiger partial charge in [0.1, 0.15) is 22.2 Å². The van der Waals surface area contributed by atoms with Gasteiger partial charge in [-0.05, 0) is 24.6 Å². The van der Waals surface area contributed by atoms with Gasteiger partial charge in [-0.3, -0.25) is 0 Å². The van der Waals surface area contributed by atoms with Crippen molar-refractivity contribution in [3.63, 3.8) is 0 Å². The van der Waals surface area contributed by atoms with E-state index in [4.69, 9.17) is 9.47 Å². The van der Waals surface area contributed by atoms with Gasteiger partial charge in [-0.2, -0.15) is 8.42 Å². The Morgan fingerprint density at radius 1 is 1.00 bits per heavy atom. The van der Waals surface area contributed by atoms with Gasteiger partial charge in [-0.15, -0.1) is 4.40 Å². The standard InChI is InChI=1S/C18H18N2O4S/c1-12-17(13-7-5-4-6-8-13)25(21,22)20-18(12)19-15-11-14(23-2)9-10-16(15)24-3/h4-11H,1-3H3,(H,19,20). The van der Waals surface area contributed by atoms with Gasteiger partial charge in [0.2, 0.25) is 0 Å². The predicted molar refractivity (Wildman–Crippen MR) is 98.6 cm³/mol. The van der Waals surface area contributed by atoms with Crippen molar-refractivity contribution in [2.24, 2.45) is 4.40 Å². The summed E-state index contributed by atoms with van der Waals surface area (Å²) in [7, 11) is -0.664. The van der Waals surface area contributed by atoms with Gasteiger partial charge in [0.25, 0.3) is 10.0 Å². The van der Waals surface area contributed by atoms with Crippen LogP contribution in [0, 0.1) is 0 Å². The minimum Gasteiger partial charge on any atom is -0.497 e. The average molecular weight is 358 g/mol. The fourth-order valence-corrected chi connectivity index (χ4v) is 4.08. The molecule has 1 heterocycles. The second-order valence-corrected chi connectivity index (χ2v) is 6.97. The first-order valence-electron chi connectivity index (χ1n) is 7.57. The normalized spacial score (nSPS) is 15.7. The van der Waals surface area contributed by atoms with Crippen LogP contribution in [0.3, 0.4) is 0 Å². The second-order valence-electron chi connectivity index (χ2n) is 5.43. The lowest BCUT2D eigenvalue weighted by Crippen LogP contribution is -2.12. The molecule has 0 spiro atoms. The molecule has 1 N–H and O–H groups in total. The zero-order chi connectivity index (χ0) is 18.0. The third-order valence-corrected chi connectivity index (χ3v) is 5.34. The number of hydrogen-bond donors (Lipinski definition) is 1. The molecule has 0 aromatic heterocycles. The summed E-state index contributed by atoms with van der Waals surface area (Å²) < 4.78 is 39.4. The smallest absolute Gasteiger partial charge is 0.285 e. The maximum Gasteiger partial charge on any atom is 0.285 e. The number of nitrogens with one attached hydrogen (secondary N) is 1. The number of methoxy groups -OCH3 is 2. The van der Waals surface area contributed by atoms with Crippen LogP contribution in [0.25, 0.3) is 4.91 Å². The summed E-state index contributed by atoms with van der Waals surface area (Å²) in [4.78, 5) is 0.206. The number of ether oxygens (including phenoxy) is 2. The maximum atomic E-state index is 12.5. The summed E-state index contributed by atoms with van der Waals surface area (Å²) in [6.07, 6.45) is 0. The number of benzene rings is 2. The van der Waals surface area contributed by atoms with Crippen LogP contribution in [0.5, 0.6) is 11.5 Å². The molecule has 7 heteroatoms. The molecule has 0 saturated heterocycles. The third-order valence-electron chi connectivity index (χ3n) is 3.86. The molecule has 0 bridgehead atoms. The monoisotopic (exact) mass is 358 g/mol. The van der Waals surface area contributed by atoms with Crippen molar-refractivity contribution in [1.29, 1.82) is 0 Å². The van der Waals surface area contributed by atoms with Gasteiger partial charge in [0.15, 0.2) is 0 Å².